The number of rotatable bonds is 7. The lowest BCUT2D eigenvalue weighted by atomic mass is 9.85. The molecule has 114 valence electrons. The van der Waals surface area contributed by atoms with Gasteiger partial charge in [0.1, 0.15) is 0 Å². The van der Waals surface area contributed by atoms with Gasteiger partial charge in [0.05, 0.1) is 0 Å². The average Bonchev–Trinajstić information content (AvgIpc) is 2.38. The second-order valence-corrected chi connectivity index (χ2v) is 7.10. The molecule has 0 amide bonds. The Labute approximate surface area is 126 Å². The van der Waals surface area contributed by atoms with Gasteiger partial charge in [0.15, 0.2) is 0 Å². The maximum atomic E-state index is 3.71. The molecule has 20 heavy (non-hydrogen) atoms. The quantitative estimate of drug-likeness (QED) is 0.703. The number of benzene rings is 1. The van der Waals surface area contributed by atoms with Gasteiger partial charge in [-0.25, -0.2) is 0 Å². The van der Waals surface area contributed by atoms with Crippen LogP contribution in [0.3, 0.4) is 0 Å². The highest BCUT2D eigenvalue weighted by Crippen LogP contribution is 2.22. The van der Waals surface area contributed by atoms with Crippen molar-refractivity contribution in [3.8, 4) is 0 Å². The van der Waals surface area contributed by atoms with Gasteiger partial charge < -0.3 is 5.32 Å². The van der Waals surface area contributed by atoms with Crippen LogP contribution in [-0.2, 0) is 0 Å². The van der Waals surface area contributed by atoms with Crippen molar-refractivity contribution in [2.24, 2.45) is 17.8 Å². The highest BCUT2D eigenvalue weighted by molar-refractivity contribution is 5.26. The van der Waals surface area contributed by atoms with Crippen molar-refractivity contribution in [1.29, 1.82) is 0 Å². The van der Waals surface area contributed by atoms with Crippen LogP contribution in [-0.4, -0.2) is 6.54 Å². The van der Waals surface area contributed by atoms with Crippen molar-refractivity contribution < 1.29 is 0 Å². The van der Waals surface area contributed by atoms with E-state index in [1.807, 2.05) is 0 Å². The molecule has 0 heterocycles. The second-order valence-electron chi connectivity index (χ2n) is 7.10. The molecule has 1 heteroatoms. The predicted octanol–water partition coefficient (Wildman–Crippen LogP) is 5.39. The van der Waals surface area contributed by atoms with Gasteiger partial charge in [0, 0.05) is 6.04 Å². The van der Waals surface area contributed by atoms with Crippen LogP contribution in [0.5, 0.6) is 0 Å². The van der Waals surface area contributed by atoms with E-state index in [0.717, 1.165) is 24.3 Å². The SMILES string of the molecule is CC(C)c1ccc(C(C)NCC(C(C)C)C(C)C)cc1. The Balaban J connectivity index is 2.60. The molecule has 0 bridgehead atoms. The smallest absolute Gasteiger partial charge is 0.0291 e. The largest absolute Gasteiger partial charge is 0.310 e. The van der Waals surface area contributed by atoms with Crippen molar-refractivity contribution in [1.82, 2.24) is 5.32 Å². The maximum absolute atomic E-state index is 3.71. The van der Waals surface area contributed by atoms with Crippen molar-refractivity contribution in [3.05, 3.63) is 35.4 Å². The highest BCUT2D eigenvalue weighted by atomic mass is 14.9. The topological polar surface area (TPSA) is 12.0 Å². The molecule has 1 rings (SSSR count). The molecule has 0 aliphatic rings. The third-order valence-corrected chi connectivity index (χ3v) is 4.48. The Bertz CT molecular complexity index is 367. The fourth-order valence-electron chi connectivity index (χ4n) is 2.84. The molecule has 0 spiro atoms. The molecule has 0 radical (unpaired) electrons. The summed E-state index contributed by atoms with van der Waals surface area (Å²) in [6.07, 6.45) is 0. The van der Waals surface area contributed by atoms with E-state index in [2.05, 4.69) is 78.0 Å². The first-order valence-corrected chi connectivity index (χ1v) is 8.16. The minimum absolute atomic E-state index is 0.427. The summed E-state index contributed by atoms with van der Waals surface area (Å²) in [4.78, 5) is 0. The van der Waals surface area contributed by atoms with Crippen molar-refractivity contribution in [2.75, 3.05) is 6.54 Å². The molecule has 0 saturated carbocycles. The van der Waals surface area contributed by atoms with Crippen LogP contribution in [0.25, 0.3) is 0 Å². The predicted molar refractivity (Wildman–Crippen MR) is 90.1 cm³/mol. The summed E-state index contributed by atoms with van der Waals surface area (Å²) >= 11 is 0. The van der Waals surface area contributed by atoms with Crippen LogP contribution in [0.15, 0.2) is 24.3 Å². The molecule has 1 nitrogen and oxygen atoms in total. The first kappa shape index (κ1) is 17.2. The van der Waals surface area contributed by atoms with E-state index >= 15 is 0 Å². The van der Waals surface area contributed by atoms with Gasteiger partial charge in [-0.15, -0.1) is 0 Å². The standard InChI is InChI=1S/C19H33N/c1-13(2)17-8-10-18(11-9-17)16(7)20-12-19(14(3)4)15(5)6/h8-11,13-16,19-20H,12H2,1-7H3. The van der Waals surface area contributed by atoms with E-state index in [-0.39, 0.29) is 0 Å². The third kappa shape index (κ3) is 4.94. The van der Waals surface area contributed by atoms with Crippen LogP contribution in [0.1, 0.15) is 71.6 Å². The third-order valence-electron chi connectivity index (χ3n) is 4.48. The molecule has 1 atom stereocenters. The molecule has 1 N–H and O–H groups in total. The van der Waals surface area contributed by atoms with Gasteiger partial charge in [-0.05, 0) is 48.3 Å². The van der Waals surface area contributed by atoms with E-state index in [4.69, 9.17) is 0 Å². The van der Waals surface area contributed by atoms with Gasteiger partial charge in [-0.1, -0.05) is 65.8 Å². The lowest BCUT2D eigenvalue weighted by Gasteiger charge is -2.27. The fourth-order valence-corrected chi connectivity index (χ4v) is 2.84. The zero-order valence-corrected chi connectivity index (χ0v) is 14.4. The van der Waals surface area contributed by atoms with Crippen LogP contribution < -0.4 is 5.32 Å². The zero-order chi connectivity index (χ0) is 15.3. The number of hydrogen-bond donors (Lipinski definition) is 1. The molecule has 1 aromatic carbocycles. The molecule has 0 aliphatic heterocycles. The Morgan fingerprint density at radius 2 is 1.20 bits per heavy atom. The van der Waals surface area contributed by atoms with Gasteiger partial charge in [-0.2, -0.15) is 0 Å². The second kappa shape index (κ2) is 7.83. The molecule has 0 saturated heterocycles. The Kier molecular flexibility index (Phi) is 6.75. The van der Waals surface area contributed by atoms with Crippen molar-refractivity contribution >= 4 is 0 Å². The van der Waals surface area contributed by atoms with Crippen LogP contribution >= 0.6 is 0 Å². The lowest BCUT2D eigenvalue weighted by Crippen LogP contribution is -2.31. The Hall–Kier alpha value is -0.820. The number of hydrogen-bond acceptors (Lipinski definition) is 1. The molecule has 0 fully saturated rings. The van der Waals surface area contributed by atoms with Gasteiger partial charge in [0.25, 0.3) is 0 Å². The molecule has 1 aromatic rings. The molecular weight excluding hydrogens is 242 g/mol. The minimum Gasteiger partial charge on any atom is -0.310 e. The summed E-state index contributed by atoms with van der Waals surface area (Å²) in [5, 5.41) is 3.71. The van der Waals surface area contributed by atoms with Crippen LogP contribution in [0.2, 0.25) is 0 Å². The molecule has 1 unspecified atom stereocenters. The summed E-state index contributed by atoms with van der Waals surface area (Å²) < 4.78 is 0. The highest BCUT2D eigenvalue weighted by Gasteiger charge is 2.18. The summed E-state index contributed by atoms with van der Waals surface area (Å²) in [7, 11) is 0. The summed E-state index contributed by atoms with van der Waals surface area (Å²) in [5.74, 6) is 2.82. The monoisotopic (exact) mass is 275 g/mol. The minimum atomic E-state index is 0.427. The van der Waals surface area contributed by atoms with Crippen LogP contribution in [0, 0.1) is 17.8 Å². The van der Waals surface area contributed by atoms with Crippen LogP contribution in [0.4, 0.5) is 0 Å². The first-order chi connectivity index (χ1) is 9.32. The normalized spacial score (nSPS) is 13.8. The average molecular weight is 275 g/mol. The summed E-state index contributed by atoms with van der Waals surface area (Å²) in [5.41, 5.74) is 2.81. The van der Waals surface area contributed by atoms with E-state index in [0.29, 0.717) is 12.0 Å². The van der Waals surface area contributed by atoms with E-state index in [1.165, 1.54) is 11.1 Å². The van der Waals surface area contributed by atoms with E-state index in [1.54, 1.807) is 0 Å². The van der Waals surface area contributed by atoms with Gasteiger partial charge in [0.2, 0.25) is 0 Å². The van der Waals surface area contributed by atoms with E-state index < -0.39 is 0 Å². The summed E-state index contributed by atoms with van der Waals surface area (Å²) in [6, 6.07) is 9.50. The van der Waals surface area contributed by atoms with Gasteiger partial charge >= 0.3 is 0 Å². The Morgan fingerprint density at radius 3 is 1.60 bits per heavy atom. The molecular formula is C19H33N. The maximum Gasteiger partial charge on any atom is 0.0291 e. The van der Waals surface area contributed by atoms with E-state index in [9.17, 15) is 0 Å². The first-order valence-electron chi connectivity index (χ1n) is 8.16. The molecule has 0 aromatic heterocycles. The number of nitrogens with one attached hydrogen (secondary N) is 1. The lowest BCUT2D eigenvalue weighted by molar-refractivity contribution is 0.268. The summed E-state index contributed by atoms with van der Waals surface area (Å²) in [6.45, 7) is 17.2. The zero-order valence-electron chi connectivity index (χ0n) is 14.4. The van der Waals surface area contributed by atoms with Gasteiger partial charge in [-0.3, -0.25) is 0 Å². The van der Waals surface area contributed by atoms with Crippen molar-refractivity contribution in [3.63, 3.8) is 0 Å². The Morgan fingerprint density at radius 1 is 0.750 bits per heavy atom. The molecule has 0 aliphatic carbocycles. The van der Waals surface area contributed by atoms with Crippen molar-refractivity contribution in [2.45, 2.75) is 60.4 Å². The fraction of sp³-hybridized carbons (Fsp3) is 0.684.